The molecule has 0 saturated heterocycles. The van der Waals surface area contributed by atoms with Gasteiger partial charge in [0.05, 0.1) is 16.3 Å². The number of thiol groups is 1. The Hall–Kier alpha value is -2.68. The van der Waals surface area contributed by atoms with E-state index in [4.69, 9.17) is 11.6 Å². The average Bonchev–Trinajstić information content (AvgIpc) is 2.76. The van der Waals surface area contributed by atoms with Crippen LogP contribution in [-0.4, -0.2) is 17.7 Å². The van der Waals surface area contributed by atoms with Gasteiger partial charge in [-0.3, -0.25) is 4.79 Å². The summed E-state index contributed by atoms with van der Waals surface area (Å²) in [4.78, 5) is 25.6. The number of hydrogen-bond acceptors (Lipinski definition) is 4. The number of rotatable bonds is 6. The van der Waals surface area contributed by atoms with Crippen LogP contribution >= 0.6 is 36.2 Å². The molecule has 0 spiro atoms. The summed E-state index contributed by atoms with van der Waals surface area (Å²) >= 11 is 12.1. The maximum Gasteiger partial charge on any atom is 0.336 e. The predicted molar refractivity (Wildman–Crippen MR) is 129 cm³/mol. The van der Waals surface area contributed by atoms with Crippen LogP contribution in [0.1, 0.15) is 17.3 Å². The van der Waals surface area contributed by atoms with Crippen LogP contribution in [0.2, 0.25) is 5.02 Å². The third-order valence-corrected chi connectivity index (χ3v) is 5.96. The van der Waals surface area contributed by atoms with Gasteiger partial charge in [-0.15, -0.1) is 11.8 Å². The second-order valence-corrected chi connectivity index (χ2v) is 8.41. The van der Waals surface area contributed by atoms with E-state index < -0.39 is 17.8 Å². The van der Waals surface area contributed by atoms with Gasteiger partial charge in [0, 0.05) is 16.3 Å². The van der Waals surface area contributed by atoms with Crippen molar-refractivity contribution in [1.82, 2.24) is 0 Å². The lowest BCUT2D eigenvalue weighted by Gasteiger charge is -2.17. The summed E-state index contributed by atoms with van der Waals surface area (Å²) in [6.07, 6.45) is 0. The third-order valence-electron chi connectivity index (χ3n) is 4.16. The molecule has 0 bridgehead atoms. The lowest BCUT2D eigenvalue weighted by Crippen LogP contribution is -2.26. The molecular formula is C22H19ClFN3O2S2. The highest BCUT2D eigenvalue weighted by Gasteiger charge is 2.15. The second kappa shape index (κ2) is 10.6. The zero-order valence-electron chi connectivity index (χ0n) is 16.4. The number of carbonyl (C=O) groups is 2. The Morgan fingerprint density at radius 2 is 1.71 bits per heavy atom. The number of halogens is 2. The molecule has 0 radical (unpaired) electrons. The monoisotopic (exact) mass is 475 g/mol. The molecule has 3 aromatic carbocycles. The number of thioether (sulfide) groups is 1. The largest absolute Gasteiger partial charge is 0.336 e. The molecule has 5 nitrogen and oxygen atoms in total. The molecular weight excluding hydrogens is 457 g/mol. The van der Waals surface area contributed by atoms with Crippen molar-refractivity contribution in [2.45, 2.75) is 11.8 Å². The van der Waals surface area contributed by atoms with Crippen LogP contribution in [0.3, 0.4) is 0 Å². The van der Waals surface area contributed by atoms with Gasteiger partial charge >= 0.3 is 6.03 Å². The third kappa shape index (κ3) is 5.94. The van der Waals surface area contributed by atoms with E-state index in [0.29, 0.717) is 22.1 Å². The van der Waals surface area contributed by atoms with Crippen LogP contribution in [0, 0.1) is 5.82 Å². The highest BCUT2D eigenvalue weighted by Crippen LogP contribution is 2.30. The summed E-state index contributed by atoms with van der Waals surface area (Å²) in [6.45, 7) is 2.03. The van der Waals surface area contributed by atoms with Gasteiger partial charge in [-0.05, 0) is 60.4 Å². The number of anilines is 3. The smallest absolute Gasteiger partial charge is 0.322 e. The Labute approximate surface area is 194 Å². The molecule has 0 heterocycles. The van der Waals surface area contributed by atoms with Gasteiger partial charge < -0.3 is 10.6 Å². The first-order valence-corrected chi connectivity index (χ1v) is 11.0. The zero-order valence-corrected chi connectivity index (χ0v) is 18.9. The van der Waals surface area contributed by atoms with Gasteiger partial charge in [0.25, 0.3) is 5.91 Å². The van der Waals surface area contributed by atoms with Gasteiger partial charge in [0.2, 0.25) is 0 Å². The zero-order chi connectivity index (χ0) is 22.4. The van der Waals surface area contributed by atoms with Crippen LogP contribution in [0.15, 0.2) is 71.6 Å². The van der Waals surface area contributed by atoms with Crippen LogP contribution in [-0.2, 0) is 0 Å². The topological polar surface area (TPSA) is 61.4 Å². The average molecular weight is 476 g/mol. The van der Waals surface area contributed by atoms with Crippen molar-refractivity contribution in [3.8, 4) is 0 Å². The molecule has 0 unspecified atom stereocenters. The van der Waals surface area contributed by atoms with Crippen LogP contribution in [0.4, 0.5) is 26.2 Å². The molecule has 0 saturated carbocycles. The van der Waals surface area contributed by atoms with Crippen LogP contribution < -0.4 is 14.9 Å². The lowest BCUT2D eigenvalue weighted by molar-refractivity contribution is 0.102. The van der Waals surface area contributed by atoms with E-state index in [-0.39, 0.29) is 5.56 Å². The van der Waals surface area contributed by atoms with E-state index in [1.165, 1.54) is 18.2 Å². The van der Waals surface area contributed by atoms with Crippen molar-refractivity contribution in [1.29, 1.82) is 0 Å². The molecule has 3 aromatic rings. The van der Waals surface area contributed by atoms with Gasteiger partial charge in [-0.2, -0.15) is 0 Å². The number of urea groups is 1. The molecule has 3 rings (SSSR count). The molecule has 0 atom stereocenters. The Morgan fingerprint density at radius 1 is 1.03 bits per heavy atom. The van der Waals surface area contributed by atoms with E-state index >= 15 is 0 Å². The van der Waals surface area contributed by atoms with Crippen LogP contribution in [0.25, 0.3) is 0 Å². The van der Waals surface area contributed by atoms with Crippen molar-refractivity contribution in [3.05, 3.63) is 83.1 Å². The van der Waals surface area contributed by atoms with Gasteiger partial charge in [0.15, 0.2) is 0 Å². The van der Waals surface area contributed by atoms with Gasteiger partial charge in [-0.1, -0.05) is 43.5 Å². The Kier molecular flexibility index (Phi) is 7.84. The standard InChI is InChI=1S/C22H19ClFN3O2S2/c1-2-31-20-12-9-15(13-18(20)23)26-22(29)27(30)16-10-7-14(8-11-16)25-21(28)17-5-3-4-6-19(17)24/h3-13,30H,2H2,1H3,(H,25,28)(H,26,29). The van der Waals surface area contributed by atoms with E-state index in [2.05, 4.69) is 23.4 Å². The maximum atomic E-state index is 13.7. The minimum absolute atomic E-state index is 0.0520. The number of benzene rings is 3. The molecule has 31 heavy (non-hydrogen) atoms. The van der Waals surface area contributed by atoms with Crippen molar-refractivity contribution < 1.29 is 14.0 Å². The maximum absolute atomic E-state index is 13.7. The number of nitrogens with one attached hydrogen (secondary N) is 2. The van der Waals surface area contributed by atoms with Gasteiger partial charge in [-0.25, -0.2) is 13.5 Å². The van der Waals surface area contributed by atoms with Crippen LogP contribution in [0.5, 0.6) is 0 Å². The highest BCUT2D eigenvalue weighted by molar-refractivity contribution is 7.99. The second-order valence-electron chi connectivity index (χ2n) is 6.30. The normalized spacial score (nSPS) is 10.5. The van der Waals surface area contributed by atoms with Gasteiger partial charge in [0.1, 0.15) is 5.82 Å². The first kappa shape index (κ1) is 23.0. The summed E-state index contributed by atoms with van der Waals surface area (Å²) in [5.41, 5.74) is 1.43. The molecule has 3 amide bonds. The molecule has 160 valence electrons. The quantitative estimate of drug-likeness (QED) is 0.273. The SMILES string of the molecule is CCSc1ccc(NC(=O)N(S)c2ccc(NC(=O)c3ccccc3F)cc2)cc1Cl. The van der Waals surface area contributed by atoms with Crippen molar-refractivity contribution in [2.24, 2.45) is 0 Å². The molecule has 2 N–H and O–H groups in total. The van der Waals surface area contributed by atoms with Crippen molar-refractivity contribution in [2.75, 3.05) is 20.7 Å². The summed E-state index contributed by atoms with van der Waals surface area (Å²) in [5.74, 6) is -0.267. The Balaban J connectivity index is 1.63. The fourth-order valence-electron chi connectivity index (χ4n) is 2.67. The lowest BCUT2D eigenvalue weighted by atomic mass is 10.2. The molecule has 0 aromatic heterocycles. The minimum Gasteiger partial charge on any atom is -0.322 e. The first-order chi connectivity index (χ1) is 14.9. The molecule has 0 fully saturated rings. The predicted octanol–water partition coefficient (Wildman–Crippen LogP) is 6.73. The van der Waals surface area contributed by atoms with Crippen molar-refractivity contribution in [3.63, 3.8) is 0 Å². The number of nitrogens with zero attached hydrogens (tertiary/aromatic N) is 1. The first-order valence-electron chi connectivity index (χ1n) is 9.27. The number of amides is 3. The molecule has 0 aliphatic carbocycles. The van der Waals surface area contributed by atoms with E-state index in [9.17, 15) is 14.0 Å². The fraction of sp³-hybridized carbons (Fsp3) is 0.0909. The molecule has 0 aliphatic heterocycles. The number of hydrogen-bond donors (Lipinski definition) is 3. The fourth-order valence-corrected chi connectivity index (χ4v) is 3.87. The summed E-state index contributed by atoms with van der Waals surface area (Å²) < 4.78 is 14.9. The number of carbonyl (C=O) groups excluding carboxylic acids is 2. The van der Waals surface area contributed by atoms with E-state index in [1.807, 2.05) is 13.0 Å². The van der Waals surface area contributed by atoms with E-state index in [1.54, 1.807) is 54.2 Å². The minimum atomic E-state index is -0.601. The molecule has 9 heteroatoms. The Morgan fingerprint density at radius 3 is 2.35 bits per heavy atom. The Bertz CT molecular complexity index is 1100. The summed E-state index contributed by atoms with van der Waals surface area (Å²) in [6, 6.07) is 17.0. The van der Waals surface area contributed by atoms with Crippen molar-refractivity contribution >= 4 is 65.2 Å². The van der Waals surface area contributed by atoms with E-state index in [0.717, 1.165) is 15.0 Å². The summed E-state index contributed by atoms with van der Waals surface area (Å²) in [7, 11) is 0. The highest BCUT2D eigenvalue weighted by atomic mass is 35.5. The summed E-state index contributed by atoms with van der Waals surface area (Å²) in [5, 5.41) is 5.91. The molecule has 0 aliphatic rings.